The normalized spacial score (nSPS) is 10.6. The fourth-order valence-corrected chi connectivity index (χ4v) is 3.30. The Morgan fingerprint density at radius 2 is 1.22 bits per heavy atom. The van der Waals surface area contributed by atoms with E-state index >= 15 is 0 Å². The molecular weight excluding hydrogens is 328 g/mol. The van der Waals surface area contributed by atoms with E-state index in [1.807, 2.05) is 30.3 Å². The van der Waals surface area contributed by atoms with E-state index < -0.39 is 0 Å². The van der Waals surface area contributed by atoms with Gasteiger partial charge in [-0.05, 0) is 36.2 Å². The second-order valence-electron chi connectivity index (χ2n) is 6.68. The minimum Gasteiger partial charge on any atom is -0.398 e. The van der Waals surface area contributed by atoms with Crippen molar-refractivity contribution in [1.29, 1.82) is 0 Å². The Balaban J connectivity index is 1.93. The molecule has 0 radical (unpaired) electrons. The third-order valence-electron chi connectivity index (χ3n) is 4.71. The van der Waals surface area contributed by atoms with Crippen LogP contribution in [0.25, 0.3) is 22.3 Å². The minimum atomic E-state index is 0.760. The van der Waals surface area contributed by atoms with Crippen LogP contribution in [0.15, 0.2) is 97.1 Å². The molecule has 0 aliphatic carbocycles. The number of rotatable bonds is 4. The molecule has 0 spiro atoms. The third-order valence-corrected chi connectivity index (χ3v) is 4.71. The second-order valence-corrected chi connectivity index (χ2v) is 6.68. The Hall–Kier alpha value is -3.52. The summed E-state index contributed by atoms with van der Waals surface area (Å²) >= 11 is 0. The Kier molecular flexibility index (Phi) is 4.63. The number of anilines is 3. The van der Waals surface area contributed by atoms with Crippen LogP contribution in [0.4, 0.5) is 17.1 Å². The first-order valence-corrected chi connectivity index (χ1v) is 9.09. The van der Waals surface area contributed by atoms with Gasteiger partial charge >= 0.3 is 0 Å². The van der Waals surface area contributed by atoms with E-state index in [0.717, 1.165) is 39.3 Å². The molecule has 3 N–H and O–H groups in total. The highest BCUT2D eigenvalue weighted by Crippen LogP contribution is 2.42. The van der Waals surface area contributed by atoms with E-state index in [4.69, 9.17) is 5.73 Å². The van der Waals surface area contributed by atoms with Crippen molar-refractivity contribution >= 4 is 17.1 Å². The topological polar surface area (TPSA) is 38.0 Å². The largest absolute Gasteiger partial charge is 0.398 e. The molecule has 0 heterocycles. The molecule has 2 heteroatoms. The smallest absolute Gasteiger partial charge is 0.0564 e. The molecule has 4 rings (SSSR count). The molecule has 2 nitrogen and oxygen atoms in total. The summed E-state index contributed by atoms with van der Waals surface area (Å²) in [4.78, 5) is 0. The molecule has 0 saturated heterocycles. The van der Waals surface area contributed by atoms with Gasteiger partial charge in [-0.15, -0.1) is 0 Å². The molecule has 0 bridgehead atoms. The van der Waals surface area contributed by atoms with Crippen molar-refractivity contribution in [2.45, 2.75) is 6.92 Å². The molecule has 0 aromatic heterocycles. The van der Waals surface area contributed by atoms with Crippen LogP contribution in [0, 0.1) is 6.92 Å². The maximum absolute atomic E-state index is 6.44. The number of benzene rings is 4. The molecule has 4 aromatic rings. The zero-order valence-electron chi connectivity index (χ0n) is 15.3. The quantitative estimate of drug-likeness (QED) is 0.404. The van der Waals surface area contributed by atoms with Crippen LogP contribution in [0.3, 0.4) is 0 Å². The summed E-state index contributed by atoms with van der Waals surface area (Å²) in [5.41, 5.74) is 14.9. The number of hydrogen-bond donors (Lipinski definition) is 2. The summed E-state index contributed by atoms with van der Waals surface area (Å²) in [5.74, 6) is 0. The van der Waals surface area contributed by atoms with Crippen LogP contribution in [0.5, 0.6) is 0 Å². The first-order valence-electron chi connectivity index (χ1n) is 9.09. The molecule has 132 valence electrons. The van der Waals surface area contributed by atoms with Crippen molar-refractivity contribution in [2.75, 3.05) is 11.1 Å². The van der Waals surface area contributed by atoms with Crippen LogP contribution in [0.2, 0.25) is 0 Å². The predicted octanol–water partition coefficient (Wildman–Crippen LogP) is 6.65. The van der Waals surface area contributed by atoms with Gasteiger partial charge < -0.3 is 11.1 Å². The van der Waals surface area contributed by atoms with Crippen molar-refractivity contribution < 1.29 is 0 Å². The minimum absolute atomic E-state index is 0.760. The van der Waals surface area contributed by atoms with Crippen molar-refractivity contribution in [3.63, 3.8) is 0 Å². The third kappa shape index (κ3) is 3.56. The van der Waals surface area contributed by atoms with Crippen molar-refractivity contribution in [1.82, 2.24) is 0 Å². The monoisotopic (exact) mass is 350 g/mol. The lowest BCUT2D eigenvalue weighted by atomic mass is 9.94. The Morgan fingerprint density at radius 3 is 1.85 bits per heavy atom. The first kappa shape index (κ1) is 16.9. The van der Waals surface area contributed by atoms with Gasteiger partial charge in [0, 0.05) is 22.5 Å². The molecule has 0 amide bonds. The van der Waals surface area contributed by atoms with Gasteiger partial charge in [-0.2, -0.15) is 0 Å². The lowest BCUT2D eigenvalue weighted by molar-refractivity contribution is 1.45. The van der Waals surface area contributed by atoms with E-state index in [1.54, 1.807) is 0 Å². The standard InChI is InChI=1S/C25H22N2/c1-18-12-14-21(15-13-18)27-25-22(19-8-4-2-5-9-19)16-17-23(26)24(25)20-10-6-3-7-11-20/h2-17,27H,26H2,1H3. The Bertz CT molecular complexity index is 1040. The number of nitrogens with two attached hydrogens (primary N) is 1. The molecule has 4 aromatic carbocycles. The van der Waals surface area contributed by atoms with Gasteiger partial charge in [0.05, 0.1) is 5.69 Å². The summed E-state index contributed by atoms with van der Waals surface area (Å²) in [6, 6.07) is 33.2. The molecule has 0 atom stereocenters. The molecule has 27 heavy (non-hydrogen) atoms. The van der Waals surface area contributed by atoms with Gasteiger partial charge in [0.1, 0.15) is 0 Å². The summed E-state index contributed by atoms with van der Waals surface area (Å²) < 4.78 is 0. The second kappa shape index (κ2) is 7.38. The fourth-order valence-electron chi connectivity index (χ4n) is 3.30. The summed E-state index contributed by atoms with van der Waals surface area (Å²) in [7, 11) is 0. The van der Waals surface area contributed by atoms with E-state index in [-0.39, 0.29) is 0 Å². The predicted molar refractivity (Wildman–Crippen MR) is 116 cm³/mol. The molecule has 0 unspecified atom stereocenters. The average molecular weight is 350 g/mol. The zero-order valence-corrected chi connectivity index (χ0v) is 15.3. The lowest BCUT2D eigenvalue weighted by Crippen LogP contribution is -2.00. The molecule has 0 aliphatic rings. The van der Waals surface area contributed by atoms with Crippen LogP contribution in [-0.2, 0) is 0 Å². The highest BCUT2D eigenvalue weighted by atomic mass is 14.9. The van der Waals surface area contributed by atoms with Crippen molar-refractivity contribution in [3.8, 4) is 22.3 Å². The maximum Gasteiger partial charge on any atom is 0.0564 e. The first-order chi connectivity index (χ1) is 13.2. The number of nitrogen functional groups attached to an aromatic ring is 1. The highest BCUT2D eigenvalue weighted by Gasteiger charge is 2.15. The maximum atomic E-state index is 6.44. The zero-order chi connectivity index (χ0) is 18.6. The van der Waals surface area contributed by atoms with Gasteiger partial charge in [-0.3, -0.25) is 0 Å². The van der Waals surface area contributed by atoms with Gasteiger partial charge in [-0.25, -0.2) is 0 Å². The molecule has 0 fully saturated rings. The number of aryl methyl sites for hydroxylation is 1. The molecule has 0 saturated carbocycles. The summed E-state index contributed by atoms with van der Waals surface area (Å²) in [6.45, 7) is 2.09. The van der Waals surface area contributed by atoms with Gasteiger partial charge in [0.25, 0.3) is 0 Å². The number of hydrogen-bond acceptors (Lipinski definition) is 2. The molecular formula is C25H22N2. The Labute approximate surface area is 160 Å². The lowest BCUT2D eigenvalue weighted by Gasteiger charge is -2.19. The van der Waals surface area contributed by atoms with Crippen LogP contribution >= 0.6 is 0 Å². The van der Waals surface area contributed by atoms with Crippen LogP contribution in [-0.4, -0.2) is 0 Å². The van der Waals surface area contributed by atoms with Gasteiger partial charge in [0.2, 0.25) is 0 Å². The average Bonchev–Trinajstić information content (AvgIpc) is 2.71. The van der Waals surface area contributed by atoms with E-state index in [0.29, 0.717) is 0 Å². The van der Waals surface area contributed by atoms with Crippen LogP contribution < -0.4 is 11.1 Å². The van der Waals surface area contributed by atoms with E-state index in [1.165, 1.54) is 5.56 Å². The highest BCUT2D eigenvalue weighted by molar-refractivity contribution is 5.98. The van der Waals surface area contributed by atoms with Crippen LogP contribution in [0.1, 0.15) is 5.56 Å². The van der Waals surface area contributed by atoms with Crippen molar-refractivity contribution in [2.24, 2.45) is 0 Å². The summed E-state index contributed by atoms with van der Waals surface area (Å²) in [6.07, 6.45) is 0. The Morgan fingerprint density at radius 1 is 0.630 bits per heavy atom. The van der Waals surface area contributed by atoms with Gasteiger partial charge in [0.15, 0.2) is 0 Å². The van der Waals surface area contributed by atoms with E-state index in [2.05, 4.69) is 79.0 Å². The number of nitrogens with one attached hydrogen (secondary N) is 1. The SMILES string of the molecule is Cc1ccc(Nc2c(-c3ccccc3)ccc(N)c2-c2ccccc2)cc1. The van der Waals surface area contributed by atoms with Crippen molar-refractivity contribution in [3.05, 3.63) is 103 Å². The van der Waals surface area contributed by atoms with Gasteiger partial charge in [-0.1, -0.05) is 84.4 Å². The van der Waals surface area contributed by atoms with E-state index in [9.17, 15) is 0 Å². The fraction of sp³-hybridized carbons (Fsp3) is 0.0400. The summed E-state index contributed by atoms with van der Waals surface area (Å²) in [5, 5.41) is 3.63. The molecule has 0 aliphatic heterocycles.